The van der Waals surface area contributed by atoms with E-state index in [2.05, 4.69) is 5.32 Å². The van der Waals surface area contributed by atoms with E-state index in [0.717, 1.165) is 27.2 Å². The number of thiophene rings is 1. The SMILES string of the molecule is COc1ccc(CNC(=O)c2cc3c(=O)n(CCOc4ccccc4)c(=O)n(C)c3s2)cc1. The fourth-order valence-corrected chi connectivity index (χ4v) is 4.40. The average molecular weight is 466 g/mol. The van der Waals surface area contributed by atoms with E-state index >= 15 is 0 Å². The van der Waals surface area contributed by atoms with Crippen LogP contribution in [0.4, 0.5) is 0 Å². The van der Waals surface area contributed by atoms with E-state index in [-0.39, 0.29) is 19.1 Å². The summed E-state index contributed by atoms with van der Waals surface area (Å²) >= 11 is 1.12. The minimum absolute atomic E-state index is 0.102. The van der Waals surface area contributed by atoms with Gasteiger partial charge in [0.25, 0.3) is 11.5 Å². The quantitative estimate of drug-likeness (QED) is 0.432. The number of aryl methyl sites for hydroxylation is 1. The second kappa shape index (κ2) is 9.74. The lowest BCUT2D eigenvalue weighted by Crippen LogP contribution is -2.39. The monoisotopic (exact) mass is 465 g/mol. The molecule has 0 aliphatic rings. The largest absolute Gasteiger partial charge is 0.497 e. The summed E-state index contributed by atoms with van der Waals surface area (Å²) in [6, 6.07) is 18.1. The molecule has 0 atom stereocenters. The van der Waals surface area contributed by atoms with Crippen molar-refractivity contribution in [2.75, 3.05) is 13.7 Å². The minimum Gasteiger partial charge on any atom is -0.497 e. The first-order valence-corrected chi connectivity index (χ1v) is 11.1. The zero-order valence-electron chi connectivity index (χ0n) is 18.2. The molecule has 0 saturated carbocycles. The number of para-hydroxylation sites is 1. The number of nitrogens with zero attached hydrogens (tertiary/aromatic N) is 2. The van der Waals surface area contributed by atoms with Crippen molar-refractivity contribution in [1.82, 2.24) is 14.5 Å². The Morgan fingerprint density at radius 3 is 2.45 bits per heavy atom. The number of aromatic nitrogens is 2. The van der Waals surface area contributed by atoms with Gasteiger partial charge in [0.2, 0.25) is 0 Å². The summed E-state index contributed by atoms with van der Waals surface area (Å²) in [4.78, 5) is 39.2. The van der Waals surface area contributed by atoms with Crippen molar-refractivity contribution < 1.29 is 14.3 Å². The highest BCUT2D eigenvalue weighted by molar-refractivity contribution is 7.20. The van der Waals surface area contributed by atoms with E-state index in [1.54, 1.807) is 32.4 Å². The number of ether oxygens (including phenoxy) is 2. The summed E-state index contributed by atoms with van der Waals surface area (Å²) in [5, 5.41) is 3.18. The van der Waals surface area contributed by atoms with Crippen LogP contribution in [0.25, 0.3) is 10.2 Å². The summed E-state index contributed by atoms with van der Waals surface area (Å²) in [5.41, 5.74) is 0.0323. The minimum atomic E-state index is -0.448. The molecule has 1 amide bonds. The summed E-state index contributed by atoms with van der Waals surface area (Å²) in [7, 11) is 3.18. The maximum Gasteiger partial charge on any atom is 0.331 e. The van der Waals surface area contributed by atoms with Crippen molar-refractivity contribution in [3.8, 4) is 11.5 Å². The number of fused-ring (bicyclic) bond motifs is 1. The third-order valence-corrected chi connectivity index (χ3v) is 6.38. The van der Waals surface area contributed by atoms with Gasteiger partial charge in [0.1, 0.15) is 22.9 Å². The van der Waals surface area contributed by atoms with Gasteiger partial charge < -0.3 is 14.8 Å². The zero-order chi connectivity index (χ0) is 23.4. The maximum atomic E-state index is 13.0. The maximum absolute atomic E-state index is 13.0. The molecule has 170 valence electrons. The van der Waals surface area contributed by atoms with Gasteiger partial charge in [-0.05, 0) is 35.9 Å². The van der Waals surface area contributed by atoms with E-state index < -0.39 is 11.2 Å². The Labute approximate surface area is 193 Å². The molecule has 9 heteroatoms. The van der Waals surface area contributed by atoms with Crippen LogP contribution < -0.4 is 26.0 Å². The van der Waals surface area contributed by atoms with Gasteiger partial charge in [-0.1, -0.05) is 30.3 Å². The van der Waals surface area contributed by atoms with Crippen molar-refractivity contribution in [3.05, 3.63) is 91.9 Å². The van der Waals surface area contributed by atoms with E-state index in [1.165, 1.54) is 4.57 Å². The molecule has 0 aliphatic heterocycles. The molecule has 0 fully saturated rings. The van der Waals surface area contributed by atoms with E-state index in [0.29, 0.717) is 27.4 Å². The fraction of sp³-hybridized carbons (Fsp3) is 0.208. The molecule has 2 aromatic heterocycles. The molecule has 0 aliphatic carbocycles. The van der Waals surface area contributed by atoms with Crippen LogP contribution >= 0.6 is 11.3 Å². The molecule has 2 heterocycles. The second-order valence-electron chi connectivity index (χ2n) is 7.32. The Kier molecular flexibility index (Phi) is 6.60. The van der Waals surface area contributed by atoms with Crippen LogP contribution in [-0.2, 0) is 20.1 Å². The number of benzene rings is 2. The number of carbonyl (C=O) groups excluding carboxylic acids is 1. The van der Waals surface area contributed by atoms with Crippen molar-refractivity contribution in [3.63, 3.8) is 0 Å². The Bertz CT molecular complexity index is 1390. The lowest BCUT2D eigenvalue weighted by Gasteiger charge is -2.09. The average Bonchev–Trinajstić information content (AvgIpc) is 3.30. The Hall–Kier alpha value is -3.85. The van der Waals surface area contributed by atoms with Crippen molar-refractivity contribution in [2.45, 2.75) is 13.1 Å². The molecule has 8 nitrogen and oxygen atoms in total. The standard InChI is InChI=1S/C24H23N3O5S/c1-26-23-19(22(29)27(24(26)30)12-13-32-18-6-4-3-5-7-18)14-20(33-23)21(28)25-15-16-8-10-17(31-2)11-9-16/h3-11,14H,12-13,15H2,1-2H3,(H,25,28). The van der Waals surface area contributed by atoms with Crippen LogP contribution in [0.3, 0.4) is 0 Å². The van der Waals surface area contributed by atoms with Crippen molar-refractivity contribution in [1.29, 1.82) is 0 Å². The smallest absolute Gasteiger partial charge is 0.331 e. The van der Waals surface area contributed by atoms with Gasteiger partial charge in [0.15, 0.2) is 0 Å². The molecule has 4 aromatic rings. The molecule has 0 bridgehead atoms. The number of methoxy groups -OCH3 is 1. The van der Waals surface area contributed by atoms with Crippen LogP contribution in [0.15, 0.2) is 70.3 Å². The van der Waals surface area contributed by atoms with Gasteiger partial charge in [0.05, 0.1) is 23.9 Å². The summed E-state index contributed by atoms with van der Waals surface area (Å²) < 4.78 is 13.3. The highest BCUT2D eigenvalue weighted by Crippen LogP contribution is 2.22. The molecule has 0 unspecified atom stereocenters. The summed E-state index contributed by atoms with van der Waals surface area (Å²) in [6.45, 7) is 0.603. The number of amides is 1. The third-order valence-electron chi connectivity index (χ3n) is 5.17. The van der Waals surface area contributed by atoms with E-state index in [4.69, 9.17) is 9.47 Å². The predicted octanol–water partition coefficient (Wildman–Crippen LogP) is 2.78. The zero-order valence-corrected chi connectivity index (χ0v) is 19.1. The highest BCUT2D eigenvalue weighted by Gasteiger charge is 2.17. The normalized spacial score (nSPS) is 10.8. The first-order chi connectivity index (χ1) is 16.0. The highest BCUT2D eigenvalue weighted by atomic mass is 32.1. The lowest BCUT2D eigenvalue weighted by atomic mass is 10.2. The third kappa shape index (κ3) is 4.83. The molecule has 1 N–H and O–H groups in total. The van der Waals surface area contributed by atoms with Gasteiger partial charge in [-0.3, -0.25) is 18.7 Å². The molecule has 2 aromatic carbocycles. The summed E-state index contributed by atoms with van der Waals surface area (Å²) in [6.07, 6.45) is 0. The first-order valence-electron chi connectivity index (χ1n) is 10.3. The molecule has 4 rings (SSSR count). The van der Waals surface area contributed by atoms with Crippen LogP contribution in [0.5, 0.6) is 11.5 Å². The number of hydrogen-bond donors (Lipinski definition) is 1. The van der Waals surface area contributed by atoms with Gasteiger partial charge >= 0.3 is 5.69 Å². The molecule has 0 saturated heterocycles. The predicted molar refractivity (Wildman–Crippen MR) is 127 cm³/mol. The fourth-order valence-electron chi connectivity index (χ4n) is 3.38. The first kappa shape index (κ1) is 22.3. The molecule has 33 heavy (non-hydrogen) atoms. The lowest BCUT2D eigenvalue weighted by molar-refractivity contribution is 0.0955. The van der Waals surface area contributed by atoms with Crippen LogP contribution in [-0.4, -0.2) is 28.8 Å². The van der Waals surface area contributed by atoms with Crippen LogP contribution in [0, 0.1) is 0 Å². The Morgan fingerprint density at radius 1 is 1.03 bits per heavy atom. The van der Waals surface area contributed by atoms with Gasteiger partial charge in [-0.25, -0.2) is 4.79 Å². The van der Waals surface area contributed by atoms with Crippen LogP contribution in [0.1, 0.15) is 15.2 Å². The second-order valence-corrected chi connectivity index (χ2v) is 8.35. The topological polar surface area (TPSA) is 91.6 Å². The number of carbonyl (C=O) groups is 1. The van der Waals surface area contributed by atoms with Gasteiger partial charge in [-0.2, -0.15) is 0 Å². The summed E-state index contributed by atoms with van der Waals surface area (Å²) in [5.74, 6) is 1.09. The van der Waals surface area contributed by atoms with Crippen molar-refractivity contribution >= 4 is 27.5 Å². The Morgan fingerprint density at radius 2 is 1.76 bits per heavy atom. The van der Waals surface area contributed by atoms with Gasteiger partial charge in [-0.15, -0.1) is 11.3 Å². The number of nitrogens with one attached hydrogen (secondary N) is 1. The number of hydrogen-bond acceptors (Lipinski definition) is 6. The number of rotatable bonds is 8. The van der Waals surface area contributed by atoms with E-state index in [1.807, 2.05) is 42.5 Å². The molecule has 0 spiro atoms. The Balaban J connectivity index is 1.51. The van der Waals surface area contributed by atoms with Gasteiger partial charge in [0, 0.05) is 13.6 Å². The van der Waals surface area contributed by atoms with Crippen molar-refractivity contribution in [2.24, 2.45) is 7.05 Å². The molecular formula is C24H23N3O5S. The van der Waals surface area contributed by atoms with Crippen LogP contribution in [0.2, 0.25) is 0 Å². The molecular weight excluding hydrogens is 442 g/mol. The molecule has 0 radical (unpaired) electrons. The van der Waals surface area contributed by atoms with E-state index in [9.17, 15) is 14.4 Å².